The molecule has 1 unspecified atom stereocenters. The van der Waals surface area contributed by atoms with Crippen molar-refractivity contribution in [2.24, 2.45) is 5.92 Å². The van der Waals surface area contributed by atoms with Crippen molar-refractivity contribution in [3.63, 3.8) is 0 Å². The summed E-state index contributed by atoms with van der Waals surface area (Å²) in [5.74, 6) is 0.0828. The average Bonchev–Trinajstić information content (AvgIpc) is 2.48. The fourth-order valence-corrected chi connectivity index (χ4v) is 2.47. The molecule has 4 nitrogen and oxygen atoms in total. The van der Waals surface area contributed by atoms with E-state index in [2.05, 4.69) is 4.90 Å². The van der Waals surface area contributed by atoms with Gasteiger partial charge in [0.15, 0.2) is 0 Å². The molecule has 1 N–H and O–H groups in total. The van der Waals surface area contributed by atoms with E-state index in [1.54, 1.807) is 19.1 Å². The van der Waals surface area contributed by atoms with Crippen LogP contribution in [0, 0.1) is 5.92 Å². The molecular weight excluding hydrogens is 242 g/mol. The Morgan fingerprint density at radius 1 is 1.42 bits per heavy atom. The van der Waals surface area contributed by atoms with Gasteiger partial charge in [-0.3, -0.25) is 0 Å². The number of hydrogen-bond donors (Lipinski definition) is 1. The first kappa shape index (κ1) is 13.9. The van der Waals surface area contributed by atoms with Crippen LogP contribution < -0.4 is 4.90 Å². The van der Waals surface area contributed by atoms with Crippen LogP contribution in [0.1, 0.15) is 30.1 Å². The zero-order valence-corrected chi connectivity index (χ0v) is 11.3. The molecule has 4 heteroatoms. The molecule has 1 saturated heterocycles. The highest BCUT2D eigenvalue weighted by Gasteiger charge is 2.19. The van der Waals surface area contributed by atoms with Gasteiger partial charge >= 0.3 is 5.97 Å². The van der Waals surface area contributed by atoms with Gasteiger partial charge in [0.25, 0.3) is 0 Å². The van der Waals surface area contributed by atoms with Crippen LogP contribution in [0.5, 0.6) is 0 Å². The third kappa shape index (κ3) is 3.47. The Kier molecular flexibility index (Phi) is 4.80. The Morgan fingerprint density at radius 3 is 2.79 bits per heavy atom. The molecule has 1 fully saturated rings. The highest BCUT2D eigenvalue weighted by molar-refractivity contribution is 5.89. The van der Waals surface area contributed by atoms with Crippen LogP contribution in [-0.4, -0.2) is 37.4 Å². The normalized spacial score (nSPS) is 19.3. The maximum atomic E-state index is 11.6. The number of carbonyl (C=O) groups excluding carboxylic acids is 1. The van der Waals surface area contributed by atoms with Crippen molar-refractivity contribution in [3.8, 4) is 0 Å². The zero-order chi connectivity index (χ0) is 13.7. The number of nitrogens with zero attached hydrogens (tertiary/aromatic N) is 1. The second kappa shape index (κ2) is 6.57. The molecule has 1 heterocycles. The predicted octanol–water partition coefficient (Wildman–Crippen LogP) is 2.07. The standard InChI is InChI=1S/C15H21NO3/c1-2-19-15(18)13-5-7-14(8-6-13)16-9-3-4-12(10-16)11-17/h5-8,12,17H,2-4,9-11H2,1H3. The number of aliphatic hydroxyl groups excluding tert-OH is 1. The van der Waals surface area contributed by atoms with Crippen molar-refractivity contribution in [2.75, 3.05) is 31.2 Å². The molecule has 0 amide bonds. The van der Waals surface area contributed by atoms with E-state index in [1.807, 2.05) is 12.1 Å². The first-order valence-corrected chi connectivity index (χ1v) is 6.87. The van der Waals surface area contributed by atoms with Gasteiger partial charge in [0.2, 0.25) is 0 Å². The van der Waals surface area contributed by atoms with Gasteiger partial charge in [-0.05, 0) is 49.9 Å². The molecule has 0 bridgehead atoms. The molecule has 0 radical (unpaired) electrons. The Balaban J connectivity index is 2.03. The van der Waals surface area contributed by atoms with E-state index in [0.29, 0.717) is 18.1 Å². The largest absolute Gasteiger partial charge is 0.462 e. The summed E-state index contributed by atoms with van der Waals surface area (Å²) in [5.41, 5.74) is 1.69. The van der Waals surface area contributed by atoms with E-state index >= 15 is 0 Å². The monoisotopic (exact) mass is 263 g/mol. The Labute approximate surface area is 114 Å². The van der Waals surface area contributed by atoms with Crippen LogP contribution in [-0.2, 0) is 4.74 Å². The molecule has 1 atom stereocenters. The van der Waals surface area contributed by atoms with Crippen molar-refractivity contribution in [3.05, 3.63) is 29.8 Å². The lowest BCUT2D eigenvalue weighted by Gasteiger charge is -2.33. The minimum atomic E-state index is -0.277. The number of esters is 1. The maximum absolute atomic E-state index is 11.6. The summed E-state index contributed by atoms with van der Waals surface area (Å²) in [6.07, 6.45) is 2.19. The fourth-order valence-electron chi connectivity index (χ4n) is 2.47. The van der Waals surface area contributed by atoms with Gasteiger partial charge in [0.05, 0.1) is 12.2 Å². The lowest BCUT2D eigenvalue weighted by Crippen LogP contribution is -2.36. The molecule has 19 heavy (non-hydrogen) atoms. The van der Waals surface area contributed by atoms with Gasteiger partial charge in [0, 0.05) is 25.4 Å². The minimum absolute atomic E-state index is 0.247. The highest BCUT2D eigenvalue weighted by Crippen LogP contribution is 2.23. The second-order valence-corrected chi connectivity index (χ2v) is 4.90. The van der Waals surface area contributed by atoms with E-state index in [4.69, 9.17) is 4.74 Å². The third-order valence-corrected chi connectivity index (χ3v) is 3.52. The summed E-state index contributed by atoms with van der Waals surface area (Å²) in [7, 11) is 0. The second-order valence-electron chi connectivity index (χ2n) is 4.90. The van der Waals surface area contributed by atoms with Crippen molar-refractivity contribution in [2.45, 2.75) is 19.8 Å². The summed E-state index contributed by atoms with van der Waals surface area (Å²) in [6, 6.07) is 7.50. The number of benzene rings is 1. The molecule has 0 spiro atoms. The van der Waals surface area contributed by atoms with Crippen LogP contribution in [0.15, 0.2) is 24.3 Å². The lowest BCUT2D eigenvalue weighted by atomic mass is 9.98. The summed E-state index contributed by atoms with van der Waals surface area (Å²) in [6.45, 7) is 4.34. The minimum Gasteiger partial charge on any atom is -0.462 e. The Morgan fingerprint density at radius 2 is 2.16 bits per heavy atom. The molecule has 2 rings (SSSR count). The third-order valence-electron chi connectivity index (χ3n) is 3.52. The van der Waals surface area contributed by atoms with E-state index in [1.165, 1.54) is 0 Å². The number of anilines is 1. The molecule has 1 aliphatic heterocycles. The summed E-state index contributed by atoms with van der Waals surface area (Å²) in [5, 5.41) is 9.24. The van der Waals surface area contributed by atoms with Gasteiger partial charge in [-0.25, -0.2) is 4.79 Å². The summed E-state index contributed by atoms with van der Waals surface area (Å²) in [4.78, 5) is 13.8. The predicted molar refractivity (Wildman–Crippen MR) is 74.4 cm³/mol. The first-order chi connectivity index (χ1) is 9.24. The van der Waals surface area contributed by atoms with Crippen molar-refractivity contribution in [1.82, 2.24) is 0 Å². The number of rotatable bonds is 4. The Hall–Kier alpha value is -1.55. The van der Waals surface area contributed by atoms with Crippen molar-refractivity contribution < 1.29 is 14.6 Å². The van der Waals surface area contributed by atoms with Gasteiger partial charge in [-0.15, -0.1) is 0 Å². The molecule has 104 valence electrons. The lowest BCUT2D eigenvalue weighted by molar-refractivity contribution is 0.0526. The van der Waals surface area contributed by atoms with Crippen LogP contribution >= 0.6 is 0 Å². The van der Waals surface area contributed by atoms with Gasteiger partial charge < -0.3 is 14.7 Å². The molecule has 1 aromatic carbocycles. The molecule has 0 aliphatic carbocycles. The number of aliphatic hydroxyl groups is 1. The SMILES string of the molecule is CCOC(=O)c1ccc(N2CCCC(CO)C2)cc1. The summed E-state index contributed by atoms with van der Waals surface area (Å²) >= 11 is 0. The Bertz CT molecular complexity index is 416. The van der Waals surface area contributed by atoms with Crippen molar-refractivity contribution in [1.29, 1.82) is 0 Å². The quantitative estimate of drug-likeness (QED) is 0.845. The topological polar surface area (TPSA) is 49.8 Å². The average molecular weight is 263 g/mol. The van der Waals surface area contributed by atoms with E-state index in [0.717, 1.165) is 31.6 Å². The van der Waals surface area contributed by atoms with Gasteiger partial charge in [0.1, 0.15) is 0 Å². The first-order valence-electron chi connectivity index (χ1n) is 6.87. The van der Waals surface area contributed by atoms with Crippen LogP contribution in [0.3, 0.4) is 0 Å². The molecule has 0 saturated carbocycles. The fraction of sp³-hybridized carbons (Fsp3) is 0.533. The maximum Gasteiger partial charge on any atom is 0.338 e. The molecule has 0 aromatic heterocycles. The van der Waals surface area contributed by atoms with Gasteiger partial charge in [-0.2, -0.15) is 0 Å². The highest BCUT2D eigenvalue weighted by atomic mass is 16.5. The van der Waals surface area contributed by atoms with E-state index < -0.39 is 0 Å². The van der Waals surface area contributed by atoms with Crippen molar-refractivity contribution >= 4 is 11.7 Å². The number of carbonyl (C=O) groups is 1. The van der Waals surface area contributed by atoms with E-state index in [9.17, 15) is 9.90 Å². The van der Waals surface area contributed by atoms with Gasteiger partial charge in [-0.1, -0.05) is 0 Å². The number of ether oxygens (including phenoxy) is 1. The molecular formula is C15H21NO3. The molecule has 1 aliphatic rings. The zero-order valence-electron chi connectivity index (χ0n) is 11.3. The number of hydrogen-bond acceptors (Lipinski definition) is 4. The van der Waals surface area contributed by atoms with E-state index in [-0.39, 0.29) is 12.6 Å². The smallest absolute Gasteiger partial charge is 0.338 e. The molecule has 1 aromatic rings. The van der Waals surface area contributed by atoms with Crippen LogP contribution in [0.2, 0.25) is 0 Å². The van der Waals surface area contributed by atoms with Crippen LogP contribution in [0.25, 0.3) is 0 Å². The number of piperidine rings is 1. The van der Waals surface area contributed by atoms with Crippen LogP contribution in [0.4, 0.5) is 5.69 Å². The summed E-state index contributed by atoms with van der Waals surface area (Å²) < 4.78 is 4.96.